The molecule has 0 amide bonds. The predicted molar refractivity (Wildman–Crippen MR) is 75.4 cm³/mol. The Balaban J connectivity index is 2.44. The average molecular weight is 288 g/mol. The Morgan fingerprint density at radius 3 is 2.70 bits per heavy atom. The molecule has 0 aliphatic carbocycles. The summed E-state index contributed by atoms with van der Waals surface area (Å²) >= 11 is 0. The zero-order valence-electron chi connectivity index (χ0n) is 10.7. The van der Waals surface area contributed by atoms with Crippen LogP contribution < -0.4 is 10.5 Å². The van der Waals surface area contributed by atoms with Crippen molar-refractivity contribution in [1.82, 2.24) is 4.98 Å². The van der Waals surface area contributed by atoms with Crippen LogP contribution in [-0.4, -0.2) is 13.4 Å². The molecule has 102 valence electrons. The van der Waals surface area contributed by atoms with Crippen molar-refractivity contribution in [1.29, 1.82) is 5.26 Å². The smallest absolute Gasteiger partial charge is 0.263 e. The predicted octanol–water partition coefficient (Wildman–Crippen LogP) is 1.64. The standard InChI is InChI=1S/C13H12N4O2S/c1-9-6-12(4-5-16-9)17-20(18,19)13-3-2-11(15)7-10(13)8-14/h2-7H,15H2,1H3,(H,16,17). The summed E-state index contributed by atoms with van der Waals surface area (Å²) in [6, 6.07) is 9.04. The van der Waals surface area contributed by atoms with Gasteiger partial charge in [-0.05, 0) is 37.3 Å². The van der Waals surface area contributed by atoms with Crippen LogP contribution >= 0.6 is 0 Å². The number of benzene rings is 1. The highest BCUT2D eigenvalue weighted by Crippen LogP contribution is 2.21. The Kier molecular flexibility index (Phi) is 3.59. The van der Waals surface area contributed by atoms with Crippen LogP contribution in [0.15, 0.2) is 41.4 Å². The fourth-order valence-electron chi connectivity index (χ4n) is 1.69. The van der Waals surface area contributed by atoms with E-state index in [0.29, 0.717) is 17.1 Å². The molecule has 2 aromatic rings. The van der Waals surface area contributed by atoms with Gasteiger partial charge in [-0.15, -0.1) is 0 Å². The largest absolute Gasteiger partial charge is 0.399 e. The first kappa shape index (κ1) is 13.8. The highest BCUT2D eigenvalue weighted by molar-refractivity contribution is 7.92. The molecule has 1 heterocycles. The molecule has 20 heavy (non-hydrogen) atoms. The third-order valence-corrected chi connectivity index (χ3v) is 4.00. The molecule has 7 heteroatoms. The summed E-state index contributed by atoms with van der Waals surface area (Å²) < 4.78 is 27.0. The van der Waals surface area contributed by atoms with Gasteiger partial charge in [0.1, 0.15) is 11.0 Å². The van der Waals surface area contributed by atoms with Gasteiger partial charge in [0.15, 0.2) is 0 Å². The zero-order chi connectivity index (χ0) is 14.8. The van der Waals surface area contributed by atoms with E-state index in [1.807, 2.05) is 6.07 Å². The maximum atomic E-state index is 12.3. The van der Waals surface area contributed by atoms with E-state index < -0.39 is 10.0 Å². The van der Waals surface area contributed by atoms with Crippen molar-refractivity contribution in [3.63, 3.8) is 0 Å². The number of nitriles is 1. The number of hydrogen-bond donors (Lipinski definition) is 2. The quantitative estimate of drug-likeness (QED) is 0.834. The van der Waals surface area contributed by atoms with Crippen molar-refractivity contribution in [2.45, 2.75) is 11.8 Å². The molecule has 0 fully saturated rings. The van der Waals surface area contributed by atoms with E-state index in [4.69, 9.17) is 11.0 Å². The monoisotopic (exact) mass is 288 g/mol. The van der Waals surface area contributed by atoms with Crippen molar-refractivity contribution in [3.8, 4) is 6.07 Å². The first-order chi connectivity index (χ1) is 9.42. The molecule has 6 nitrogen and oxygen atoms in total. The van der Waals surface area contributed by atoms with Crippen LogP contribution in [-0.2, 0) is 10.0 Å². The van der Waals surface area contributed by atoms with Crippen molar-refractivity contribution in [2.75, 3.05) is 10.5 Å². The number of nitrogens with two attached hydrogens (primary N) is 1. The fraction of sp³-hybridized carbons (Fsp3) is 0.0769. The van der Waals surface area contributed by atoms with Crippen molar-refractivity contribution in [3.05, 3.63) is 47.8 Å². The van der Waals surface area contributed by atoms with Gasteiger partial charge in [0.05, 0.1) is 11.3 Å². The van der Waals surface area contributed by atoms with Crippen LogP contribution in [0.5, 0.6) is 0 Å². The van der Waals surface area contributed by atoms with Gasteiger partial charge in [-0.25, -0.2) is 8.42 Å². The minimum Gasteiger partial charge on any atom is -0.399 e. The lowest BCUT2D eigenvalue weighted by molar-refractivity contribution is 0.601. The summed E-state index contributed by atoms with van der Waals surface area (Å²) in [4.78, 5) is 3.88. The number of nitrogen functional groups attached to an aromatic ring is 1. The van der Waals surface area contributed by atoms with E-state index in [2.05, 4.69) is 9.71 Å². The van der Waals surface area contributed by atoms with Gasteiger partial charge in [0.25, 0.3) is 10.0 Å². The Morgan fingerprint density at radius 1 is 1.30 bits per heavy atom. The number of anilines is 2. The van der Waals surface area contributed by atoms with Gasteiger partial charge in [-0.3, -0.25) is 9.71 Å². The molecule has 0 unspecified atom stereocenters. The maximum absolute atomic E-state index is 12.3. The van der Waals surface area contributed by atoms with Crippen LogP contribution in [0.2, 0.25) is 0 Å². The number of rotatable bonds is 3. The number of nitrogens with one attached hydrogen (secondary N) is 1. The number of sulfonamides is 1. The molecule has 1 aromatic heterocycles. The summed E-state index contributed by atoms with van der Waals surface area (Å²) in [5.41, 5.74) is 6.95. The molecule has 0 bridgehead atoms. The van der Waals surface area contributed by atoms with Gasteiger partial charge >= 0.3 is 0 Å². The van der Waals surface area contributed by atoms with E-state index in [1.54, 1.807) is 13.0 Å². The molecular weight excluding hydrogens is 276 g/mol. The maximum Gasteiger partial charge on any atom is 0.263 e. The van der Waals surface area contributed by atoms with Crippen molar-refractivity contribution < 1.29 is 8.42 Å². The van der Waals surface area contributed by atoms with Crippen LogP contribution in [0.1, 0.15) is 11.3 Å². The normalized spacial score (nSPS) is 10.8. The summed E-state index contributed by atoms with van der Waals surface area (Å²) in [5.74, 6) is 0. The van der Waals surface area contributed by atoms with Gasteiger partial charge in [-0.2, -0.15) is 5.26 Å². The van der Waals surface area contributed by atoms with E-state index in [9.17, 15) is 8.42 Å². The van der Waals surface area contributed by atoms with Gasteiger partial charge < -0.3 is 5.73 Å². The Morgan fingerprint density at radius 2 is 2.05 bits per heavy atom. The summed E-state index contributed by atoms with van der Waals surface area (Å²) in [5, 5.41) is 9.01. The van der Waals surface area contributed by atoms with Gasteiger partial charge in [0.2, 0.25) is 0 Å². The minimum atomic E-state index is -3.85. The Bertz CT molecular complexity index is 794. The molecule has 1 aromatic carbocycles. The molecule has 0 aliphatic rings. The fourth-order valence-corrected chi connectivity index (χ4v) is 2.88. The molecular formula is C13H12N4O2S. The molecule has 0 saturated carbocycles. The Hall–Kier alpha value is -2.59. The van der Waals surface area contributed by atoms with Crippen LogP contribution in [0.3, 0.4) is 0 Å². The molecule has 3 N–H and O–H groups in total. The van der Waals surface area contributed by atoms with E-state index in [1.165, 1.54) is 30.5 Å². The third kappa shape index (κ3) is 2.87. The van der Waals surface area contributed by atoms with E-state index >= 15 is 0 Å². The second kappa shape index (κ2) is 5.19. The second-order valence-corrected chi connectivity index (χ2v) is 5.81. The van der Waals surface area contributed by atoms with Gasteiger partial charge in [0, 0.05) is 17.6 Å². The third-order valence-electron chi connectivity index (χ3n) is 2.56. The molecule has 0 spiro atoms. The zero-order valence-corrected chi connectivity index (χ0v) is 11.5. The lowest BCUT2D eigenvalue weighted by Gasteiger charge is -2.10. The molecule has 0 atom stereocenters. The van der Waals surface area contributed by atoms with E-state index in [0.717, 1.165) is 0 Å². The molecule has 0 saturated heterocycles. The molecule has 0 radical (unpaired) electrons. The van der Waals surface area contributed by atoms with E-state index in [-0.39, 0.29) is 10.5 Å². The second-order valence-electron chi connectivity index (χ2n) is 4.16. The first-order valence-corrected chi connectivity index (χ1v) is 7.16. The summed E-state index contributed by atoms with van der Waals surface area (Å²) in [6.07, 6.45) is 1.50. The summed E-state index contributed by atoms with van der Waals surface area (Å²) in [7, 11) is -3.85. The molecule has 0 aliphatic heterocycles. The highest BCUT2D eigenvalue weighted by atomic mass is 32.2. The van der Waals surface area contributed by atoms with Crippen LogP contribution in [0.4, 0.5) is 11.4 Å². The average Bonchev–Trinajstić information content (AvgIpc) is 2.37. The SMILES string of the molecule is Cc1cc(NS(=O)(=O)c2ccc(N)cc2C#N)ccn1. The van der Waals surface area contributed by atoms with Crippen LogP contribution in [0.25, 0.3) is 0 Å². The van der Waals surface area contributed by atoms with Gasteiger partial charge in [-0.1, -0.05) is 0 Å². The summed E-state index contributed by atoms with van der Waals surface area (Å²) in [6.45, 7) is 1.75. The minimum absolute atomic E-state index is 0.00304. The highest BCUT2D eigenvalue weighted by Gasteiger charge is 2.19. The van der Waals surface area contributed by atoms with Crippen LogP contribution in [0, 0.1) is 18.3 Å². The lowest BCUT2D eigenvalue weighted by Crippen LogP contribution is -2.14. The van der Waals surface area contributed by atoms with Crippen molar-refractivity contribution >= 4 is 21.4 Å². The number of pyridine rings is 1. The molecule has 2 rings (SSSR count). The first-order valence-electron chi connectivity index (χ1n) is 5.67. The van der Waals surface area contributed by atoms with Crippen molar-refractivity contribution in [2.24, 2.45) is 0 Å². The number of aryl methyl sites for hydroxylation is 1. The number of aromatic nitrogens is 1. The lowest BCUT2D eigenvalue weighted by atomic mass is 10.2. The number of hydrogen-bond acceptors (Lipinski definition) is 5. The topological polar surface area (TPSA) is 109 Å². The Labute approximate surface area is 116 Å². The number of nitrogens with zero attached hydrogens (tertiary/aromatic N) is 2.